The van der Waals surface area contributed by atoms with Crippen LogP contribution in [-0.4, -0.2) is 29.9 Å². The molecule has 1 saturated heterocycles. The lowest BCUT2D eigenvalue weighted by Gasteiger charge is -2.30. The number of carbonyl (C=O) groups is 1. The van der Waals surface area contributed by atoms with Crippen LogP contribution in [0.4, 0.5) is 0 Å². The topological polar surface area (TPSA) is 46.3 Å². The highest BCUT2D eigenvalue weighted by atomic mass is 16.2. The van der Waals surface area contributed by atoms with Gasteiger partial charge in [-0.05, 0) is 43.1 Å². The number of fused-ring (bicyclic) bond motifs is 2. The van der Waals surface area contributed by atoms with Crippen molar-refractivity contribution in [1.29, 1.82) is 0 Å². The van der Waals surface area contributed by atoms with E-state index in [1.54, 1.807) is 0 Å². The number of hydrogen-bond donors (Lipinski definition) is 1. The molecule has 5 atom stereocenters. The first kappa shape index (κ1) is 13.3. The molecule has 112 valence electrons. The number of nitrogens with two attached hydrogens (primary N) is 1. The number of nitrogens with zero attached hydrogens (tertiary/aromatic N) is 1. The van der Waals surface area contributed by atoms with Crippen LogP contribution >= 0.6 is 0 Å². The first-order valence-corrected chi connectivity index (χ1v) is 8.33. The summed E-state index contributed by atoms with van der Waals surface area (Å²) >= 11 is 0. The molecule has 1 aromatic rings. The van der Waals surface area contributed by atoms with Crippen LogP contribution in [0.3, 0.4) is 0 Å². The number of benzene rings is 1. The maximum absolute atomic E-state index is 12.9. The fourth-order valence-electron chi connectivity index (χ4n) is 4.87. The van der Waals surface area contributed by atoms with Crippen LogP contribution in [0.25, 0.3) is 0 Å². The van der Waals surface area contributed by atoms with Crippen molar-refractivity contribution in [3.8, 4) is 0 Å². The maximum Gasteiger partial charge on any atom is 0.227 e. The summed E-state index contributed by atoms with van der Waals surface area (Å²) in [5.74, 6) is 2.13. The van der Waals surface area contributed by atoms with Crippen LogP contribution in [0.1, 0.15) is 37.2 Å². The number of amides is 1. The third-order valence-electron chi connectivity index (χ3n) is 6.04. The van der Waals surface area contributed by atoms with Crippen molar-refractivity contribution in [1.82, 2.24) is 4.90 Å². The highest BCUT2D eigenvalue weighted by molar-refractivity contribution is 5.81. The van der Waals surface area contributed by atoms with Crippen LogP contribution in [0.2, 0.25) is 0 Å². The average Bonchev–Trinajstić information content (AvgIpc) is 3.23. The smallest absolute Gasteiger partial charge is 0.227 e. The van der Waals surface area contributed by atoms with Crippen LogP contribution in [0.15, 0.2) is 30.3 Å². The van der Waals surface area contributed by atoms with Gasteiger partial charge in [0.1, 0.15) is 0 Å². The van der Waals surface area contributed by atoms with Crippen LogP contribution in [-0.2, 0) is 4.79 Å². The zero-order valence-corrected chi connectivity index (χ0v) is 12.4. The Morgan fingerprint density at radius 1 is 1.10 bits per heavy atom. The first-order valence-electron chi connectivity index (χ1n) is 8.33. The third-order valence-corrected chi connectivity index (χ3v) is 6.04. The van der Waals surface area contributed by atoms with E-state index in [9.17, 15) is 4.79 Å². The highest BCUT2D eigenvalue weighted by Crippen LogP contribution is 2.48. The van der Waals surface area contributed by atoms with Gasteiger partial charge in [-0.2, -0.15) is 0 Å². The van der Waals surface area contributed by atoms with Gasteiger partial charge in [0, 0.05) is 25.0 Å². The third kappa shape index (κ3) is 2.18. The minimum absolute atomic E-state index is 0.110. The molecule has 4 rings (SSSR count). The number of carbonyl (C=O) groups excluding carboxylic acids is 1. The normalized spacial score (nSPS) is 38.1. The van der Waals surface area contributed by atoms with Gasteiger partial charge in [0.2, 0.25) is 5.91 Å². The van der Waals surface area contributed by atoms with Crippen LogP contribution in [0.5, 0.6) is 0 Å². The summed E-state index contributed by atoms with van der Waals surface area (Å²) in [5, 5.41) is 0. The Morgan fingerprint density at radius 3 is 2.57 bits per heavy atom. The molecule has 3 nitrogen and oxygen atoms in total. The van der Waals surface area contributed by atoms with Crippen molar-refractivity contribution in [3.05, 3.63) is 35.9 Å². The Bertz CT molecular complexity index is 527. The van der Waals surface area contributed by atoms with Crippen LogP contribution < -0.4 is 5.73 Å². The summed E-state index contributed by atoms with van der Waals surface area (Å²) in [7, 11) is 0. The molecular formula is C18H24N2O. The van der Waals surface area contributed by atoms with Crippen molar-refractivity contribution in [3.63, 3.8) is 0 Å². The molecule has 5 unspecified atom stereocenters. The predicted molar refractivity (Wildman–Crippen MR) is 82.7 cm³/mol. The minimum Gasteiger partial charge on any atom is -0.342 e. The van der Waals surface area contributed by atoms with Crippen molar-refractivity contribution < 1.29 is 4.79 Å². The largest absolute Gasteiger partial charge is 0.342 e. The average molecular weight is 284 g/mol. The standard InChI is InChI=1S/C18H24N2O/c19-17-14-7-6-13(10-14)16(17)18(21)20-9-8-15(11-20)12-4-2-1-3-5-12/h1-5,13-17H,6-11,19H2. The minimum atomic E-state index is 0.110. The second-order valence-corrected chi connectivity index (χ2v) is 7.12. The van der Waals surface area contributed by atoms with Gasteiger partial charge in [-0.15, -0.1) is 0 Å². The molecule has 3 aliphatic rings. The molecule has 2 saturated carbocycles. The molecule has 0 radical (unpaired) electrons. The molecule has 2 aliphatic carbocycles. The van der Waals surface area contributed by atoms with E-state index in [1.165, 1.54) is 24.8 Å². The van der Waals surface area contributed by atoms with Gasteiger partial charge >= 0.3 is 0 Å². The van der Waals surface area contributed by atoms with Crippen molar-refractivity contribution in [2.24, 2.45) is 23.5 Å². The fourth-order valence-corrected chi connectivity index (χ4v) is 4.87. The van der Waals surface area contributed by atoms with Crippen LogP contribution in [0, 0.1) is 17.8 Å². The van der Waals surface area contributed by atoms with Gasteiger partial charge in [-0.3, -0.25) is 4.79 Å². The summed E-state index contributed by atoms with van der Waals surface area (Å²) in [6.45, 7) is 1.78. The lowest BCUT2D eigenvalue weighted by molar-refractivity contribution is -0.136. The maximum atomic E-state index is 12.9. The van der Waals surface area contributed by atoms with Gasteiger partial charge in [-0.25, -0.2) is 0 Å². The molecule has 3 fully saturated rings. The Labute approximate surface area is 126 Å². The Morgan fingerprint density at radius 2 is 1.86 bits per heavy atom. The molecule has 1 aliphatic heterocycles. The molecule has 0 spiro atoms. The predicted octanol–water partition coefficient (Wildman–Crippen LogP) is 2.38. The zero-order valence-electron chi connectivity index (χ0n) is 12.4. The van der Waals surface area contributed by atoms with E-state index in [4.69, 9.17) is 5.73 Å². The van der Waals surface area contributed by atoms with Gasteiger partial charge in [-0.1, -0.05) is 30.3 Å². The Balaban J connectivity index is 1.45. The van der Waals surface area contributed by atoms with Crippen molar-refractivity contribution in [2.75, 3.05) is 13.1 Å². The highest BCUT2D eigenvalue weighted by Gasteiger charge is 2.50. The summed E-state index contributed by atoms with van der Waals surface area (Å²) < 4.78 is 0. The molecular weight excluding hydrogens is 260 g/mol. The lowest BCUT2D eigenvalue weighted by Crippen LogP contribution is -2.46. The van der Waals surface area contributed by atoms with E-state index in [0.717, 1.165) is 19.5 Å². The summed E-state index contributed by atoms with van der Waals surface area (Å²) in [4.78, 5) is 15.0. The van der Waals surface area contributed by atoms with Gasteiger partial charge in [0.05, 0.1) is 5.92 Å². The van der Waals surface area contributed by atoms with Crippen molar-refractivity contribution >= 4 is 5.91 Å². The number of rotatable bonds is 2. The van der Waals surface area contributed by atoms with E-state index in [1.807, 2.05) is 0 Å². The summed E-state index contributed by atoms with van der Waals surface area (Å²) in [5.41, 5.74) is 7.70. The number of likely N-dealkylation sites (tertiary alicyclic amines) is 1. The summed E-state index contributed by atoms with van der Waals surface area (Å²) in [6.07, 6.45) is 4.73. The molecule has 2 bridgehead atoms. The van der Waals surface area contributed by atoms with E-state index >= 15 is 0 Å². The van der Waals surface area contributed by atoms with E-state index in [2.05, 4.69) is 35.2 Å². The zero-order chi connectivity index (χ0) is 14.4. The SMILES string of the molecule is NC1C2CCC(C2)C1C(=O)N1CCC(c2ccccc2)C1. The van der Waals surface area contributed by atoms with Crippen molar-refractivity contribution in [2.45, 2.75) is 37.6 Å². The van der Waals surface area contributed by atoms with E-state index in [0.29, 0.717) is 23.7 Å². The van der Waals surface area contributed by atoms with E-state index < -0.39 is 0 Å². The molecule has 1 amide bonds. The second kappa shape index (κ2) is 5.13. The van der Waals surface area contributed by atoms with Gasteiger partial charge < -0.3 is 10.6 Å². The monoisotopic (exact) mass is 284 g/mol. The summed E-state index contributed by atoms with van der Waals surface area (Å²) in [6, 6.07) is 10.7. The molecule has 2 N–H and O–H groups in total. The molecule has 3 heteroatoms. The molecule has 1 aromatic carbocycles. The van der Waals surface area contributed by atoms with Gasteiger partial charge in [0.25, 0.3) is 0 Å². The molecule has 21 heavy (non-hydrogen) atoms. The second-order valence-electron chi connectivity index (χ2n) is 7.12. The van der Waals surface area contributed by atoms with E-state index in [-0.39, 0.29) is 12.0 Å². The molecule has 1 heterocycles. The molecule has 0 aromatic heterocycles. The Hall–Kier alpha value is -1.35. The fraction of sp³-hybridized carbons (Fsp3) is 0.611. The first-order chi connectivity index (χ1) is 10.2. The number of hydrogen-bond acceptors (Lipinski definition) is 2. The lowest BCUT2D eigenvalue weighted by atomic mass is 9.84. The van der Waals surface area contributed by atoms with Gasteiger partial charge in [0.15, 0.2) is 0 Å². The Kier molecular flexibility index (Phi) is 3.26. The quantitative estimate of drug-likeness (QED) is 0.906.